The summed E-state index contributed by atoms with van der Waals surface area (Å²) in [7, 11) is -2.19. The third-order valence-corrected chi connectivity index (χ3v) is 6.12. The average molecular weight is 404 g/mol. The van der Waals surface area contributed by atoms with E-state index < -0.39 is 16.1 Å². The molecule has 1 amide bonds. The maximum atomic E-state index is 12.9. The first-order valence-corrected chi connectivity index (χ1v) is 10.8. The fourth-order valence-electron chi connectivity index (χ4n) is 3.14. The Kier molecular flexibility index (Phi) is 6.76. The van der Waals surface area contributed by atoms with Gasteiger partial charge in [-0.15, -0.1) is 0 Å². The highest BCUT2D eigenvalue weighted by Gasteiger charge is 2.33. The Morgan fingerprint density at radius 3 is 2.38 bits per heavy atom. The molecule has 0 bridgehead atoms. The molecule has 1 aromatic carbocycles. The van der Waals surface area contributed by atoms with Crippen molar-refractivity contribution < 1.29 is 17.9 Å². The molecule has 0 spiro atoms. The molecule has 146 valence electrons. The van der Waals surface area contributed by atoms with Crippen LogP contribution in [0.2, 0.25) is 5.02 Å². The van der Waals surface area contributed by atoms with Gasteiger partial charge in [0.2, 0.25) is 15.9 Å². The van der Waals surface area contributed by atoms with E-state index in [1.807, 2.05) is 0 Å². The zero-order valence-corrected chi connectivity index (χ0v) is 17.2. The molecular formula is C17H26ClN3O4S. The number of anilines is 1. The Hall–Kier alpha value is -1.51. The third kappa shape index (κ3) is 4.61. The monoisotopic (exact) mass is 403 g/mol. The molecule has 1 unspecified atom stereocenters. The van der Waals surface area contributed by atoms with Crippen molar-refractivity contribution >= 4 is 33.2 Å². The number of halogens is 1. The first-order valence-electron chi connectivity index (χ1n) is 8.53. The summed E-state index contributed by atoms with van der Waals surface area (Å²) in [5.41, 5.74) is 0.339. The van der Waals surface area contributed by atoms with Crippen molar-refractivity contribution in [2.75, 3.05) is 50.4 Å². The summed E-state index contributed by atoms with van der Waals surface area (Å²) in [6.07, 6.45) is 1.09. The Morgan fingerprint density at radius 2 is 1.92 bits per heavy atom. The minimum atomic E-state index is -3.68. The highest BCUT2D eigenvalue weighted by Crippen LogP contribution is 2.31. The van der Waals surface area contributed by atoms with Crippen LogP contribution in [-0.4, -0.2) is 76.3 Å². The largest absolute Gasteiger partial charge is 0.495 e. The van der Waals surface area contributed by atoms with E-state index in [0.29, 0.717) is 24.5 Å². The molecule has 1 aliphatic rings. The van der Waals surface area contributed by atoms with Crippen molar-refractivity contribution in [3.05, 3.63) is 23.2 Å². The maximum absolute atomic E-state index is 12.9. The second-order valence-corrected chi connectivity index (χ2v) is 8.58. The molecule has 1 saturated heterocycles. The summed E-state index contributed by atoms with van der Waals surface area (Å²) in [5, 5.41) is 0.287. The molecule has 0 aromatic heterocycles. The van der Waals surface area contributed by atoms with E-state index in [1.165, 1.54) is 13.2 Å². The zero-order chi connectivity index (χ0) is 19.5. The van der Waals surface area contributed by atoms with Crippen LogP contribution in [0.1, 0.15) is 13.8 Å². The smallest absolute Gasteiger partial charge is 0.246 e. The SMILES string of the molecule is CCN1CCN(C(=O)C(C)N(c2ccc(OC)c(Cl)c2)S(C)(=O)=O)CC1. The molecule has 0 radical (unpaired) electrons. The van der Waals surface area contributed by atoms with Gasteiger partial charge in [-0.25, -0.2) is 8.42 Å². The van der Waals surface area contributed by atoms with E-state index in [2.05, 4.69) is 11.8 Å². The van der Waals surface area contributed by atoms with Crippen LogP contribution in [0.3, 0.4) is 0 Å². The molecule has 0 saturated carbocycles. The molecule has 2 rings (SSSR count). The molecule has 1 heterocycles. The molecule has 9 heteroatoms. The molecule has 0 N–H and O–H groups in total. The van der Waals surface area contributed by atoms with Crippen molar-refractivity contribution in [1.82, 2.24) is 9.80 Å². The topological polar surface area (TPSA) is 70.2 Å². The van der Waals surface area contributed by atoms with Crippen molar-refractivity contribution in [2.45, 2.75) is 19.9 Å². The number of carbonyl (C=O) groups is 1. The van der Waals surface area contributed by atoms with Gasteiger partial charge in [-0.1, -0.05) is 18.5 Å². The quantitative estimate of drug-likeness (QED) is 0.722. The minimum absolute atomic E-state index is 0.210. The lowest BCUT2D eigenvalue weighted by Crippen LogP contribution is -2.55. The number of rotatable bonds is 6. The number of sulfonamides is 1. The van der Waals surface area contributed by atoms with E-state index in [1.54, 1.807) is 24.0 Å². The molecular weight excluding hydrogens is 378 g/mol. The molecule has 1 fully saturated rings. The van der Waals surface area contributed by atoms with Crippen LogP contribution in [0.4, 0.5) is 5.69 Å². The van der Waals surface area contributed by atoms with Crippen molar-refractivity contribution in [3.63, 3.8) is 0 Å². The van der Waals surface area contributed by atoms with Crippen LogP contribution in [0.5, 0.6) is 5.75 Å². The fraction of sp³-hybridized carbons (Fsp3) is 0.588. The molecule has 1 aromatic rings. The summed E-state index contributed by atoms with van der Waals surface area (Å²) in [5.74, 6) is 0.233. The van der Waals surface area contributed by atoms with Gasteiger partial charge in [0.05, 0.1) is 24.1 Å². The van der Waals surface area contributed by atoms with Gasteiger partial charge in [0.1, 0.15) is 11.8 Å². The number of methoxy groups -OCH3 is 1. The summed E-state index contributed by atoms with van der Waals surface area (Å²) < 4.78 is 31.0. The number of nitrogens with zero attached hydrogens (tertiary/aromatic N) is 3. The zero-order valence-electron chi connectivity index (χ0n) is 15.6. The van der Waals surface area contributed by atoms with Gasteiger partial charge in [-0.2, -0.15) is 0 Å². The van der Waals surface area contributed by atoms with Gasteiger partial charge >= 0.3 is 0 Å². The number of ether oxygens (including phenoxy) is 1. The highest BCUT2D eigenvalue weighted by molar-refractivity contribution is 7.92. The number of benzene rings is 1. The van der Waals surface area contributed by atoms with Gasteiger partial charge < -0.3 is 14.5 Å². The Bertz CT molecular complexity index is 748. The van der Waals surface area contributed by atoms with Crippen LogP contribution >= 0.6 is 11.6 Å². The Morgan fingerprint density at radius 1 is 1.31 bits per heavy atom. The van der Waals surface area contributed by atoms with Crippen molar-refractivity contribution in [3.8, 4) is 5.75 Å². The number of piperazine rings is 1. The molecule has 0 aliphatic carbocycles. The molecule has 1 atom stereocenters. The van der Waals surface area contributed by atoms with E-state index in [-0.39, 0.29) is 10.9 Å². The first kappa shape index (κ1) is 20.8. The van der Waals surface area contributed by atoms with E-state index in [4.69, 9.17) is 16.3 Å². The third-order valence-electron chi connectivity index (χ3n) is 4.59. The van der Waals surface area contributed by atoms with Gasteiger partial charge in [0, 0.05) is 26.2 Å². The summed E-state index contributed by atoms with van der Waals surface area (Å²) in [6, 6.07) is 3.82. The van der Waals surface area contributed by atoms with E-state index in [9.17, 15) is 13.2 Å². The maximum Gasteiger partial charge on any atom is 0.246 e. The van der Waals surface area contributed by atoms with E-state index >= 15 is 0 Å². The summed E-state index contributed by atoms with van der Waals surface area (Å²) in [6.45, 7) is 7.41. The van der Waals surface area contributed by atoms with Crippen LogP contribution in [0.15, 0.2) is 18.2 Å². The van der Waals surface area contributed by atoms with Gasteiger partial charge in [0.25, 0.3) is 0 Å². The number of carbonyl (C=O) groups excluding carboxylic acids is 1. The van der Waals surface area contributed by atoms with Crippen LogP contribution in [-0.2, 0) is 14.8 Å². The number of likely N-dealkylation sites (N-methyl/N-ethyl adjacent to an activating group) is 1. The molecule has 1 aliphatic heterocycles. The van der Waals surface area contributed by atoms with Gasteiger partial charge in [-0.3, -0.25) is 9.10 Å². The second kappa shape index (κ2) is 8.45. The fourth-order valence-corrected chi connectivity index (χ4v) is 4.56. The second-order valence-electron chi connectivity index (χ2n) is 6.31. The predicted octanol–water partition coefficient (Wildman–Crippen LogP) is 1.67. The number of amides is 1. The standard InChI is InChI=1S/C17H26ClN3O4S/c1-5-19-8-10-20(11-9-19)17(22)13(2)21(26(4,23)24)14-6-7-16(25-3)15(18)12-14/h6-7,12-13H,5,8-11H2,1-4H3. The van der Waals surface area contributed by atoms with Crippen LogP contribution in [0, 0.1) is 0 Å². The van der Waals surface area contributed by atoms with Crippen LogP contribution in [0.25, 0.3) is 0 Å². The summed E-state index contributed by atoms with van der Waals surface area (Å²) in [4.78, 5) is 16.9. The lowest BCUT2D eigenvalue weighted by molar-refractivity contribution is -0.133. The van der Waals surface area contributed by atoms with E-state index in [0.717, 1.165) is 30.2 Å². The highest BCUT2D eigenvalue weighted by atomic mass is 35.5. The lowest BCUT2D eigenvalue weighted by Gasteiger charge is -2.37. The normalized spacial score (nSPS) is 17.0. The summed E-state index contributed by atoms with van der Waals surface area (Å²) >= 11 is 6.14. The molecule has 26 heavy (non-hydrogen) atoms. The predicted molar refractivity (Wildman–Crippen MR) is 103 cm³/mol. The van der Waals surface area contributed by atoms with Crippen molar-refractivity contribution in [2.24, 2.45) is 0 Å². The Balaban J connectivity index is 2.27. The van der Waals surface area contributed by atoms with Crippen LogP contribution < -0.4 is 9.04 Å². The number of hydrogen-bond donors (Lipinski definition) is 0. The molecule has 7 nitrogen and oxygen atoms in total. The van der Waals surface area contributed by atoms with Gasteiger partial charge in [-0.05, 0) is 31.7 Å². The first-order chi connectivity index (χ1) is 12.2. The van der Waals surface area contributed by atoms with Crippen molar-refractivity contribution in [1.29, 1.82) is 0 Å². The van der Waals surface area contributed by atoms with Gasteiger partial charge in [0.15, 0.2) is 0 Å². The minimum Gasteiger partial charge on any atom is -0.495 e. The Labute approximate surface area is 160 Å². The average Bonchev–Trinajstić information content (AvgIpc) is 2.60. The lowest BCUT2D eigenvalue weighted by atomic mass is 10.2. The number of hydrogen-bond acceptors (Lipinski definition) is 5.